The molecule has 0 aliphatic heterocycles. The summed E-state index contributed by atoms with van der Waals surface area (Å²) in [5.41, 5.74) is 2.57. The van der Waals surface area contributed by atoms with Crippen LogP contribution in [0.15, 0.2) is 53.4 Å². The van der Waals surface area contributed by atoms with Crippen molar-refractivity contribution in [1.29, 1.82) is 0 Å². The quantitative estimate of drug-likeness (QED) is 0.409. The molecule has 0 fully saturated rings. The van der Waals surface area contributed by atoms with Gasteiger partial charge in [0.05, 0.1) is 29.9 Å². The van der Waals surface area contributed by atoms with E-state index in [2.05, 4.69) is 5.32 Å². The molecule has 1 amide bonds. The predicted molar refractivity (Wildman–Crippen MR) is 140 cm³/mol. The topological polar surface area (TPSA) is 102 Å². The maximum atomic E-state index is 13.6. The number of nitrogens with zero attached hydrogens (tertiary/aromatic N) is 1. The number of carbonyl (C=O) groups excluding carboxylic acids is 2. The molecule has 1 aromatic heterocycles. The lowest BCUT2D eigenvalue weighted by atomic mass is 10.1. The molecule has 1 aliphatic carbocycles. The first-order chi connectivity index (χ1) is 17.2. The third-order valence-electron chi connectivity index (χ3n) is 5.90. The molecular weight excluding hydrogens is 500 g/mol. The van der Waals surface area contributed by atoms with E-state index in [9.17, 15) is 18.0 Å². The number of methoxy groups -OCH3 is 1. The molecule has 1 aliphatic rings. The summed E-state index contributed by atoms with van der Waals surface area (Å²) < 4.78 is 38.7. The van der Waals surface area contributed by atoms with Gasteiger partial charge in [-0.2, -0.15) is 0 Å². The average Bonchev–Trinajstić information content (AvgIpc) is 3.44. The highest BCUT2D eigenvalue weighted by Gasteiger charge is 2.31. The van der Waals surface area contributed by atoms with E-state index in [1.807, 2.05) is 13.8 Å². The number of nitrogens with one attached hydrogen (secondary N) is 1. The fraction of sp³-hybridized carbons (Fsp3) is 0.308. The number of aryl methyl sites for hydroxylation is 2. The SMILES string of the molecule is CCOc1ccc(S(=O)(=O)N(CC(=O)Nc2sc3c(c2C(=O)OC)CCC3)c2ccc(C)cc2)cc1. The Hall–Kier alpha value is -3.37. The summed E-state index contributed by atoms with van der Waals surface area (Å²) in [6, 6.07) is 13.0. The van der Waals surface area contributed by atoms with Crippen LogP contribution in [0.1, 0.15) is 39.7 Å². The van der Waals surface area contributed by atoms with Crippen LogP contribution < -0.4 is 14.4 Å². The standard InChI is InChI=1S/C26H28N2O6S2/c1-4-34-19-12-14-20(15-13-19)36(31,32)28(18-10-8-17(2)9-11-18)16-23(29)27-25-24(26(30)33-3)21-6-5-7-22(21)35-25/h8-15H,4-7,16H2,1-3H3,(H,27,29). The molecule has 0 radical (unpaired) electrons. The summed E-state index contributed by atoms with van der Waals surface area (Å²) >= 11 is 1.34. The van der Waals surface area contributed by atoms with Gasteiger partial charge in [0.25, 0.3) is 10.0 Å². The second-order valence-corrected chi connectivity index (χ2v) is 11.3. The molecule has 2 aromatic carbocycles. The van der Waals surface area contributed by atoms with E-state index in [-0.39, 0.29) is 4.90 Å². The molecule has 0 bridgehead atoms. The minimum Gasteiger partial charge on any atom is -0.494 e. The Balaban J connectivity index is 1.65. The monoisotopic (exact) mass is 528 g/mol. The molecule has 0 saturated heterocycles. The van der Waals surface area contributed by atoms with Gasteiger partial charge in [-0.25, -0.2) is 13.2 Å². The van der Waals surface area contributed by atoms with Crippen LogP contribution in [0.3, 0.4) is 0 Å². The summed E-state index contributed by atoms with van der Waals surface area (Å²) in [7, 11) is -2.78. The zero-order chi connectivity index (χ0) is 25.9. The molecule has 0 unspecified atom stereocenters. The van der Waals surface area contributed by atoms with Crippen molar-refractivity contribution in [2.45, 2.75) is 38.0 Å². The summed E-state index contributed by atoms with van der Waals surface area (Å²) in [5, 5.41) is 3.16. The normalized spacial score (nSPS) is 12.6. The molecule has 36 heavy (non-hydrogen) atoms. The smallest absolute Gasteiger partial charge is 0.341 e. The number of amides is 1. The van der Waals surface area contributed by atoms with E-state index in [0.29, 0.717) is 28.6 Å². The lowest BCUT2D eigenvalue weighted by molar-refractivity contribution is -0.114. The lowest BCUT2D eigenvalue weighted by Gasteiger charge is -2.24. The van der Waals surface area contributed by atoms with Crippen molar-refractivity contribution in [3.8, 4) is 5.75 Å². The first kappa shape index (κ1) is 25.7. The summed E-state index contributed by atoms with van der Waals surface area (Å²) in [5.74, 6) is -0.519. The van der Waals surface area contributed by atoms with Gasteiger partial charge in [0.15, 0.2) is 0 Å². The van der Waals surface area contributed by atoms with Crippen LogP contribution in [0.5, 0.6) is 5.75 Å². The Morgan fingerprint density at radius 1 is 1.06 bits per heavy atom. The van der Waals surface area contributed by atoms with Crippen LogP contribution in [-0.2, 0) is 32.4 Å². The van der Waals surface area contributed by atoms with Gasteiger partial charge in [-0.1, -0.05) is 17.7 Å². The Labute approximate surface area is 214 Å². The minimum absolute atomic E-state index is 0.0321. The first-order valence-corrected chi connectivity index (χ1v) is 13.8. The molecule has 1 heterocycles. The lowest BCUT2D eigenvalue weighted by Crippen LogP contribution is -2.38. The molecule has 0 spiro atoms. The number of anilines is 2. The molecule has 190 valence electrons. The number of sulfonamides is 1. The number of ether oxygens (including phenoxy) is 2. The summed E-state index contributed by atoms with van der Waals surface area (Å²) in [6.07, 6.45) is 2.52. The molecule has 8 nitrogen and oxygen atoms in total. The number of esters is 1. The predicted octanol–water partition coefficient (Wildman–Crippen LogP) is 4.56. The zero-order valence-electron chi connectivity index (χ0n) is 20.4. The molecule has 0 saturated carbocycles. The van der Waals surface area contributed by atoms with Crippen LogP contribution in [0.25, 0.3) is 0 Å². The van der Waals surface area contributed by atoms with Gasteiger partial charge in [-0.05, 0) is 75.1 Å². The van der Waals surface area contributed by atoms with E-state index >= 15 is 0 Å². The highest BCUT2D eigenvalue weighted by Crippen LogP contribution is 2.39. The Kier molecular flexibility index (Phi) is 7.65. The van der Waals surface area contributed by atoms with Gasteiger partial charge >= 0.3 is 5.97 Å². The molecule has 3 aromatic rings. The number of benzene rings is 2. The van der Waals surface area contributed by atoms with Gasteiger partial charge in [-0.15, -0.1) is 11.3 Å². The molecule has 10 heteroatoms. The Morgan fingerprint density at radius 3 is 2.39 bits per heavy atom. The first-order valence-electron chi connectivity index (χ1n) is 11.6. The maximum Gasteiger partial charge on any atom is 0.341 e. The molecule has 4 rings (SSSR count). The summed E-state index contributed by atoms with van der Waals surface area (Å²) in [4.78, 5) is 26.7. The number of fused-ring (bicyclic) bond motifs is 1. The minimum atomic E-state index is -4.08. The third kappa shape index (κ3) is 5.24. The zero-order valence-corrected chi connectivity index (χ0v) is 22.0. The van der Waals surface area contributed by atoms with E-state index in [1.165, 1.54) is 30.6 Å². The highest BCUT2D eigenvalue weighted by molar-refractivity contribution is 7.92. The molecule has 0 atom stereocenters. The van der Waals surface area contributed by atoms with Crippen molar-refractivity contribution < 1.29 is 27.5 Å². The van der Waals surface area contributed by atoms with E-state index in [4.69, 9.17) is 9.47 Å². The third-order valence-corrected chi connectivity index (χ3v) is 8.89. The number of hydrogen-bond donors (Lipinski definition) is 1. The van der Waals surface area contributed by atoms with E-state index in [0.717, 1.165) is 39.6 Å². The van der Waals surface area contributed by atoms with Gasteiger partial charge in [-0.3, -0.25) is 9.10 Å². The summed E-state index contributed by atoms with van der Waals surface area (Å²) in [6.45, 7) is 3.73. The van der Waals surface area contributed by atoms with Crippen LogP contribution in [0.2, 0.25) is 0 Å². The van der Waals surface area contributed by atoms with Crippen LogP contribution in [0.4, 0.5) is 10.7 Å². The van der Waals surface area contributed by atoms with Crippen molar-refractivity contribution in [3.05, 3.63) is 70.1 Å². The highest BCUT2D eigenvalue weighted by atomic mass is 32.2. The largest absolute Gasteiger partial charge is 0.494 e. The van der Waals surface area contributed by atoms with Crippen LogP contribution in [-0.4, -0.2) is 40.6 Å². The molecular formula is C26H28N2O6S2. The fourth-order valence-electron chi connectivity index (χ4n) is 4.13. The van der Waals surface area contributed by atoms with Crippen molar-refractivity contribution in [1.82, 2.24) is 0 Å². The van der Waals surface area contributed by atoms with Gasteiger partial charge in [0.1, 0.15) is 17.3 Å². The molecule has 1 N–H and O–H groups in total. The van der Waals surface area contributed by atoms with Crippen LogP contribution >= 0.6 is 11.3 Å². The van der Waals surface area contributed by atoms with Gasteiger partial charge in [0, 0.05) is 4.88 Å². The number of rotatable bonds is 9. The average molecular weight is 529 g/mol. The second-order valence-electron chi connectivity index (χ2n) is 8.35. The number of thiophene rings is 1. The Morgan fingerprint density at radius 2 is 1.75 bits per heavy atom. The van der Waals surface area contributed by atoms with Gasteiger partial charge < -0.3 is 14.8 Å². The van der Waals surface area contributed by atoms with Crippen LogP contribution in [0, 0.1) is 6.92 Å². The van der Waals surface area contributed by atoms with E-state index in [1.54, 1.807) is 36.4 Å². The fourth-order valence-corrected chi connectivity index (χ4v) is 6.85. The maximum absolute atomic E-state index is 13.6. The van der Waals surface area contributed by atoms with Crippen molar-refractivity contribution >= 4 is 43.9 Å². The van der Waals surface area contributed by atoms with Crippen molar-refractivity contribution in [3.63, 3.8) is 0 Å². The van der Waals surface area contributed by atoms with Crippen molar-refractivity contribution in [2.24, 2.45) is 0 Å². The van der Waals surface area contributed by atoms with Gasteiger partial charge in [0.2, 0.25) is 5.91 Å². The number of carbonyl (C=O) groups is 2. The second kappa shape index (κ2) is 10.7. The van der Waals surface area contributed by atoms with Crippen molar-refractivity contribution in [2.75, 3.05) is 29.9 Å². The number of hydrogen-bond acceptors (Lipinski definition) is 7. The van der Waals surface area contributed by atoms with E-state index < -0.39 is 28.4 Å². The Bertz CT molecular complexity index is 1360.